The molecule has 27 heavy (non-hydrogen) atoms. The van der Waals surface area contributed by atoms with Gasteiger partial charge in [-0.3, -0.25) is 14.5 Å². The lowest BCUT2D eigenvalue weighted by Gasteiger charge is -2.24. The van der Waals surface area contributed by atoms with Gasteiger partial charge in [0.1, 0.15) is 6.23 Å². The summed E-state index contributed by atoms with van der Waals surface area (Å²) in [5.74, 6) is -0.473. The van der Waals surface area contributed by atoms with E-state index in [9.17, 15) is 9.59 Å². The number of nitrogens with zero attached hydrogens (tertiary/aromatic N) is 3. The molecular weight excluding hydrogens is 342 g/mol. The van der Waals surface area contributed by atoms with E-state index in [-0.39, 0.29) is 24.6 Å². The first-order valence-electron chi connectivity index (χ1n) is 9.25. The molecule has 0 radical (unpaired) electrons. The lowest BCUT2D eigenvalue weighted by atomic mass is 10.1. The van der Waals surface area contributed by atoms with Gasteiger partial charge in [-0.1, -0.05) is 18.2 Å². The number of imide groups is 1. The molecule has 1 aromatic heterocycles. The molecule has 136 valence electrons. The number of amides is 2. The number of benzene rings is 2. The van der Waals surface area contributed by atoms with Crippen LogP contribution in [0.4, 0.5) is 0 Å². The lowest BCUT2D eigenvalue weighted by molar-refractivity contribution is -0.0295. The van der Waals surface area contributed by atoms with Gasteiger partial charge in [-0.15, -0.1) is 0 Å². The van der Waals surface area contributed by atoms with E-state index in [1.165, 1.54) is 4.90 Å². The predicted molar refractivity (Wildman–Crippen MR) is 99.2 cm³/mol. The summed E-state index contributed by atoms with van der Waals surface area (Å²) in [4.78, 5) is 31.0. The zero-order valence-electron chi connectivity index (χ0n) is 14.8. The molecule has 0 bridgehead atoms. The summed E-state index contributed by atoms with van der Waals surface area (Å²) >= 11 is 0. The Morgan fingerprint density at radius 2 is 1.81 bits per heavy atom. The highest BCUT2D eigenvalue weighted by Gasteiger charge is 2.35. The fraction of sp³-hybridized carbons (Fsp3) is 0.286. The molecule has 3 aromatic rings. The first-order valence-corrected chi connectivity index (χ1v) is 9.25. The van der Waals surface area contributed by atoms with Crippen molar-refractivity contribution in [2.45, 2.75) is 32.0 Å². The van der Waals surface area contributed by atoms with Gasteiger partial charge >= 0.3 is 0 Å². The second-order valence-electron chi connectivity index (χ2n) is 7.04. The van der Waals surface area contributed by atoms with Crippen LogP contribution in [0.15, 0.2) is 48.8 Å². The van der Waals surface area contributed by atoms with Gasteiger partial charge in [0.05, 0.1) is 35.0 Å². The summed E-state index contributed by atoms with van der Waals surface area (Å²) < 4.78 is 7.94. The smallest absolute Gasteiger partial charge is 0.261 e. The summed E-state index contributed by atoms with van der Waals surface area (Å²) in [5, 5.41) is 0. The first-order chi connectivity index (χ1) is 13.2. The summed E-state index contributed by atoms with van der Waals surface area (Å²) in [6, 6.07) is 12.8. The van der Waals surface area contributed by atoms with Crippen LogP contribution in [0.1, 0.15) is 51.8 Å². The van der Waals surface area contributed by atoms with Gasteiger partial charge in [-0.2, -0.15) is 0 Å². The van der Waals surface area contributed by atoms with Crippen LogP contribution >= 0.6 is 0 Å². The fourth-order valence-electron chi connectivity index (χ4n) is 3.91. The molecule has 1 saturated heterocycles. The number of hydrogen-bond donors (Lipinski definition) is 0. The van der Waals surface area contributed by atoms with Crippen LogP contribution < -0.4 is 0 Å². The molecule has 0 spiro atoms. The average molecular weight is 361 g/mol. The molecule has 1 fully saturated rings. The summed E-state index contributed by atoms with van der Waals surface area (Å²) in [7, 11) is 0. The molecule has 2 aliphatic rings. The van der Waals surface area contributed by atoms with E-state index in [4.69, 9.17) is 4.74 Å². The zero-order chi connectivity index (χ0) is 18.4. The molecule has 6 nitrogen and oxygen atoms in total. The average Bonchev–Trinajstić information content (AvgIpc) is 3.24. The number of aromatic nitrogens is 2. The highest BCUT2D eigenvalue weighted by atomic mass is 16.5. The van der Waals surface area contributed by atoms with Crippen LogP contribution in [-0.4, -0.2) is 32.9 Å². The van der Waals surface area contributed by atoms with E-state index in [2.05, 4.69) is 9.55 Å². The number of fused-ring (bicyclic) bond motifs is 2. The minimum atomic E-state index is -0.236. The summed E-state index contributed by atoms with van der Waals surface area (Å²) in [6.45, 7) is 1.01. The molecule has 2 amide bonds. The Balaban J connectivity index is 1.46. The highest BCUT2D eigenvalue weighted by molar-refractivity contribution is 6.21. The van der Waals surface area contributed by atoms with Crippen molar-refractivity contribution in [3.8, 4) is 0 Å². The SMILES string of the molecule is O=C1c2ccccc2C(=O)N1Cc1ccc2ncn(C3CCCCO3)c2c1. The number of ether oxygens (including phenoxy) is 1. The van der Waals surface area contributed by atoms with Crippen molar-refractivity contribution in [2.24, 2.45) is 0 Å². The first kappa shape index (κ1) is 16.2. The van der Waals surface area contributed by atoms with Crippen molar-refractivity contribution in [2.75, 3.05) is 6.61 Å². The van der Waals surface area contributed by atoms with E-state index < -0.39 is 0 Å². The van der Waals surface area contributed by atoms with Crippen molar-refractivity contribution in [3.63, 3.8) is 0 Å². The van der Waals surface area contributed by atoms with Gasteiger partial charge in [-0.05, 0) is 49.1 Å². The van der Waals surface area contributed by atoms with Crippen LogP contribution in [-0.2, 0) is 11.3 Å². The lowest BCUT2D eigenvalue weighted by Crippen LogP contribution is -2.29. The molecule has 2 aromatic carbocycles. The fourth-order valence-corrected chi connectivity index (χ4v) is 3.91. The molecule has 0 aliphatic carbocycles. The molecule has 5 rings (SSSR count). The largest absolute Gasteiger partial charge is 0.358 e. The molecule has 3 heterocycles. The van der Waals surface area contributed by atoms with Crippen molar-refractivity contribution < 1.29 is 14.3 Å². The predicted octanol–water partition coefficient (Wildman–Crippen LogP) is 3.53. The second-order valence-corrected chi connectivity index (χ2v) is 7.04. The molecule has 2 aliphatic heterocycles. The van der Waals surface area contributed by atoms with Crippen LogP contribution in [0.3, 0.4) is 0 Å². The minimum Gasteiger partial charge on any atom is -0.358 e. The van der Waals surface area contributed by atoms with E-state index in [1.54, 1.807) is 24.3 Å². The van der Waals surface area contributed by atoms with Crippen molar-refractivity contribution >= 4 is 22.8 Å². The number of rotatable bonds is 3. The Hall–Kier alpha value is -2.99. The normalized spacial score (nSPS) is 19.7. The van der Waals surface area contributed by atoms with Gasteiger partial charge in [0.25, 0.3) is 11.8 Å². The van der Waals surface area contributed by atoms with E-state index in [0.717, 1.165) is 42.5 Å². The van der Waals surface area contributed by atoms with Crippen molar-refractivity contribution in [1.29, 1.82) is 0 Å². The minimum absolute atomic E-state index is 0.00157. The monoisotopic (exact) mass is 361 g/mol. The molecule has 0 saturated carbocycles. The van der Waals surface area contributed by atoms with E-state index >= 15 is 0 Å². The van der Waals surface area contributed by atoms with E-state index in [0.29, 0.717) is 11.1 Å². The molecular formula is C21H19N3O3. The standard InChI is InChI=1S/C21H19N3O3/c25-20-15-5-1-2-6-16(15)21(26)23(20)12-14-8-9-17-18(11-14)24(13-22-17)19-7-3-4-10-27-19/h1-2,5-6,8-9,11,13,19H,3-4,7,10,12H2. The maximum atomic E-state index is 12.6. The highest BCUT2D eigenvalue weighted by Crippen LogP contribution is 2.28. The summed E-state index contributed by atoms with van der Waals surface area (Å²) in [6.07, 6.45) is 5.01. The quantitative estimate of drug-likeness (QED) is 0.670. The Kier molecular flexibility index (Phi) is 3.79. The third-order valence-electron chi connectivity index (χ3n) is 5.32. The number of carbonyl (C=O) groups is 2. The van der Waals surface area contributed by atoms with Crippen LogP contribution in [0, 0.1) is 0 Å². The maximum absolute atomic E-state index is 12.6. The van der Waals surface area contributed by atoms with Gasteiger partial charge < -0.3 is 9.30 Å². The molecule has 0 N–H and O–H groups in total. The maximum Gasteiger partial charge on any atom is 0.261 e. The topological polar surface area (TPSA) is 64.4 Å². The number of imidazole rings is 1. The Bertz CT molecular complexity index is 1010. The molecule has 1 atom stereocenters. The van der Waals surface area contributed by atoms with Crippen LogP contribution in [0.5, 0.6) is 0 Å². The van der Waals surface area contributed by atoms with Crippen molar-refractivity contribution in [1.82, 2.24) is 14.5 Å². The van der Waals surface area contributed by atoms with Gasteiger partial charge in [0, 0.05) is 6.61 Å². The number of hydrogen-bond acceptors (Lipinski definition) is 4. The van der Waals surface area contributed by atoms with Gasteiger partial charge in [0.2, 0.25) is 0 Å². The third-order valence-corrected chi connectivity index (χ3v) is 5.32. The second kappa shape index (κ2) is 6.32. The van der Waals surface area contributed by atoms with Gasteiger partial charge in [0.15, 0.2) is 0 Å². The Morgan fingerprint density at radius 1 is 1.04 bits per heavy atom. The zero-order valence-corrected chi connectivity index (χ0v) is 14.8. The summed E-state index contributed by atoms with van der Waals surface area (Å²) in [5.41, 5.74) is 3.70. The Morgan fingerprint density at radius 3 is 2.52 bits per heavy atom. The number of carbonyl (C=O) groups excluding carboxylic acids is 2. The Labute approximate surface area is 156 Å². The molecule has 1 unspecified atom stereocenters. The molecule has 6 heteroatoms. The van der Waals surface area contributed by atoms with Gasteiger partial charge in [-0.25, -0.2) is 4.98 Å². The third kappa shape index (κ3) is 2.64. The van der Waals surface area contributed by atoms with Crippen LogP contribution in [0.25, 0.3) is 11.0 Å². The van der Waals surface area contributed by atoms with Crippen molar-refractivity contribution in [3.05, 3.63) is 65.5 Å². The van der Waals surface area contributed by atoms with Crippen LogP contribution in [0.2, 0.25) is 0 Å². The van der Waals surface area contributed by atoms with E-state index in [1.807, 2.05) is 24.5 Å².